The van der Waals surface area contributed by atoms with Crippen molar-refractivity contribution in [3.05, 3.63) is 29.6 Å². The topological polar surface area (TPSA) is 52.3 Å². The zero-order valence-corrected chi connectivity index (χ0v) is 11.4. The number of nitrogens with two attached hydrogens (primary N) is 1. The summed E-state index contributed by atoms with van der Waals surface area (Å²) in [6.45, 7) is 4.39. The highest BCUT2D eigenvalue weighted by Gasteiger charge is 2.27. The number of ether oxygens (including phenoxy) is 1. The van der Waals surface area contributed by atoms with E-state index in [2.05, 4.69) is 13.8 Å². The number of rotatable bonds is 2. The van der Waals surface area contributed by atoms with Crippen molar-refractivity contribution in [3.8, 4) is 0 Å². The predicted octanol–water partition coefficient (Wildman–Crippen LogP) is 3.39. The molecule has 19 heavy (non-hydrogen) atoms. The van der Waals surface area contributed by atoms with E-state index in [1.54, 1.807) is 0 Å². The fourth-order valence-electron chi connectivity index (χ4n) is 2.48. The second-order valence-corrected chi connectivity index (χ2v) is 5.53. The van der Waals surface area contributed by atoms with Crippen molar-refractivity contribution in [2.75, 3.05) is 5.73 Å². The molecule has 0 aromatic heterocycles. The third kappa shape index (κ3) is 3.25. The molecule has 1 aromatic rings. The van der Waals surface area contributed by atoms with Crippen LogP contribution in [0.4, 0.5) is 10.1 Å². The summed E-state index contributed by atoms with van der Waals surface area (Å²) in [5.41, 5.74) is 5.64. The lowest BCUT2D eigenvalue weighted by atomic mass is 9.80. The Balaban J connectivity index is 1.99. The third-order valence-corrected chi connectivity index (χ3v) is 4.06. The molecule has 0 spiro atoms. The molecule has 0 bridgehead atoms. The first kappa shape index (κ1) is 13.8. The van der Waals surface area contributed by atoms with E-state index < -0.39 is 11.8 Å². The summed E-state index contributed by atoms with van der Waals surface area (Å²) in [6.07, 6.45) is 2.77. The second-order valence-electron chi connectivity index (χ2n) is 5.53. The predicted molar refractivity (Wildman–Crippen MR) is 72.2 cm³/mol. The van der Waals surface area contributed by atoms with Crippen LogP contribution in [-0.2, 0) is 4.74 Å². The third-order valence-electron chi connectivity index (χ3n) is 4.06. The van der Waals surface area contributed by atoms with Gasteiger partial charge in [0.2, 0.25) is 0 Å². The maximum atomic E-state index is 13.3. The maximum Gasteiger partial charge on any atom is 0.338 e. The van der Waals surface area contributed by atoms with E-state index in [1.807, 2.05) is 0 Å². The van der Waals surface area contributed by atoms with Gasteiger partial charge in [0.1, 0.15) is 11.9 Å². The van der Waals surface area contributed by atoms with Gasteiger partial charge in [0.15, 0.2) is 0 Å². The number of esters is 1. The van der Waals surface area contributed by atoms with Crippen LogP contribution in [0, 0.1) is 17.7 Å². The van der Waals surface area contributed by atoms with E-state index in [9.17, 15) is 9.18 Å². The summed E-state index contributed by atoms with van der Waals surface area (Å²) >= 11 is 0. The largest absolute Gasteiger partial charge is 0.459 e. The highest BCUT2D eigenvalue weighted by atomic mass is 19.1. The molecule has 1 aliphatic rings. The lowest BCUT2D eigenvalue weighted by Crippen LogP contribution is -2.28. The molecule has 3 atom stereocenters. The molecule has 1 aliphatic carbocycles. The summed E-state index contributed by atoms with van der Waals surface area (Å²) in [5.74, 6) is 0.171. The van der Waals surface area contributed by atoms with Crippen molar-refractivity contribution >= 4 is 11.7 Å². The molecule has 3 unspecified atom stereocenters. The monoisotopic (exact) mass is 265 g/mol. The molecule has 0 saturated heterocycles. The smallest absolute Gasteiger partial charge is 0.338 e. The fourth-order valence-corrected chi connectivity index (χ4v) is 2.48. The average molecular weight is 265 g/mol. The molecule has 4 heteroatoms. The van der Waals surface area contributed by atoms with Crippen LogP contribution in [-0.4, -0.2) is 12.1 Å². The molecule has 0 heterocycles. The number of anilines is 1. The lowest BCUT2D eigenvalue weighted by molar-refractivity contribution is 0.00875. The molecule has 0 amide bonds. The molecule has 3 nitrogen and oxygen atoms in total. The highest BCUT2D eigenvalue weighted by Crippen LogP contribution is 2.31. The lowest BCUT2D eigenvalue weighted by Gasteiger charge is -2.31. The molecule has 2 rings (SSSR count). The summed E-state index contributed by atoms with van der Waals surface area (Å²) in [5, 5.41) is 0. The normalized spacial score (nSPS) is 27.0. The standard InChI is InChI=1S/C15H20FNO2/c1-9-3-5-12(7-10(9)2)19-15(18)11-4-6-14(17)13(16)8-11/h4,6,8-10,12H,3,5,7,17H2,1-2H3. The van der Waals surface area contributed by atoms with Crippen molar-refractivity contribution < 1.29 is 13.9 Å². The number of hydrogen-bond donors (Lipinski definition) is 1. The van der Waals surface area contributed by atoms with Crippen LogP contribution >= 0.6 is 0 Å². The van der Waals surface area contributed by atoms with Gasteiger partial charge in [0.05, 0.1) is 11.3 Å². The van der Waals surface area contributed by atoms with Crippen LogP contribution in [0.25, 0.3) is 0 Å². The molecular formula is C15H20FNO2. The van der Waals surface area contributed by atoms with Crippen LogP contribution in [0.3, 0.4) is 0 Å². The highest BCUT2D eigenvalue weighted by molar-refractivity contribution is 5.90. The van der Waals surface area contributed by atoms with Crippen molar-refractivity contribution in [1.82, 2.24) is 0 Å². The van der Waals surface area contributed by atoms with E-state index in [0.29, 0.717) is 11.8 Å². The van der Waals surface area contributed by atoms with E-state index in [1.165, 1.54) is 12.1 Å². The molecule has 2 N–H and O–H groups in total. The van der Waals surface area contributed by atoms with Gasteiger partial charge in [-0.1, -0.05) is 13.8 Å². The average Bonchev–Trinajstić information content (AvgIpc) is 2.37. The zero-order chi connectivity index (χ0) is 14.0. The molecule has 1 fully saturated rings. The minimum atomic E-state index is -0.583. The Kier molecular flexibility index (Phi) is 4.08. The maximum absolute atomic E-state index is 13.3. The van der Waals surface area contributed by atoms with Gasteiger partial charge in [-0.25, -0.2) is 9.18 Å². The number of nitrogen functional groups attached to an aromatic ring is 1. The Hall–Kier alpha value is -1.58. The Morgan fingerprint density at radius 2 is 2.05 bits per heavy atom. The van der Waals surface area contributed by atoms with Crippen LogP contribution < -0.4 is 5.73 Å². The first-order chi connectivity index (χ1) is 8.97. The molecule has 104 valence electrons. The number of hydrogen-bond acceptors (Lipinski definition) is 3. The summed E-state index contributed by atoms with van der Waals surface area (Å²) in [6, 6.07) is 4.01. The zero-order valence-electron chi connectivity index (χ0n) is 11.4. The number of halogens is 1. The van der Waals surface area contributed by atoms with Crippen LogP contribution in [0.1, 0.15) is 43.5 Å². The van der Waals surface area contributed by atoms with E-state index in [4.69, 9.17) is 10.5 Å². The van der Waals surface area contributed by atoms with Crippen LogP contribution in [0.5, 0.6) is 0 Å². The van der Waals surface area contributed by atoms with Crippen molar-refractivity contribution in [3.63, 3.8) is 0 Å². The number of carbonyl (C=O) groups is 1. The summed E-state index contributed by atoms with van der Waals surface area (Å²) < 4.78 is 18.7. The van der Waals surface area contributed by atoms with E-state index >= 15 is 0 Å². The molecule has 0 aliphatic heterocycles. The Morgan fingerprint density at radius 3 is 2.68 bits per heavy atom. The first-order valence-electron chi connectivity index (χ1n) is 6.73. The Labute approximate surface area is 112 Å². The minimum absolute atomic E-state index is 0.0386. The quantitative estimate of drug-likeness (QED) is 0.658. The van der Waals surface area contributed by atoms with Gasteiger partial charge in [-0.05, 0) is 49.3 Å². The Bertz CT molecular complexity index is 475. The molecule has 1 saturated carbocycles. The SMILES string of the molecule is CC1CCC(OC(=O)c2ccc(N)c(F)c2)CC1C. The Morgan fingerprint density at radius 1 is 1.32 bits per heavy atom. The molecular weight excluding hydrogens is 245 g/mol. The minimum Gasteiger partial charge on any atom is -0.459 e. The summed E-state index contributed by atoms with van der Waals surface area (Å²) in [4.78, 5) is 11.9. The number of benzene rings is 1. The fraction of sp³-hybridized carbons (Fsp3) is 0.533. The summed E-state index contributed by atoms with van der Waals surface area (Å²) in [7, 11) is 0. The van der Waals surface area contributed by atoms with Crippen LogP contribution in [0.15, 0.2) is 18.2 Å². The van der Waals surface area contributed by atoms with E-state index in [-0.39, 0.29) is 17.4 Å². The van der Waals surface area contributed by atoms with Crippen molar-refractivity contribution in [2.45, 2.75) is 39.2 Å². The van der Waals surface area contributed by atoms with Gasteiger partial charge in [0, 0.05) is 0 Å². The van der Waals surface area contributed by atoms with Crippen molar-refractivity contribution in [1.29, 1.82) is 0 Å². The molecule has 1 aromatic carbocycles. The number of carbonyl (C=O) groups excluding carboxylic acids is 1. The second kappa shape index (κ2) is 5.59. The molecule has 0 radical (unpaired) electrons. The first-order valence-corrected chi connectivity index (χ1v) is 6.73. The van der Waals surface area contributed by atoms with Gasteiger partial charge in [-0.15, -0.1) is 0 Å². The van der Waals surface area contributed by atoms with Gasteiger partial charge >= 0.3 is 5.97 Å². The van der Waals surface area contributed by atoms with Crippen molar-refractivity contribution in [2.24, 2.45) is 11.8 Å². The van der Waals surface area contributed by atoms with Gasteiger partial charge in [-0.3, -0.25) is 0 Å². The van der Waals surface area contributed by atoms with E-state index in [0.717, 1.165) is 25.3 Å². The van der Waals surface area contributed by atoms with Gasteiger partial charge < -0.3 is 10.5 Å². The van der Waals surface area contributed by atoms with Gasteiger partial charge in [0.25, 0.3) is 0 Å². The van der Waals surface area contributed by atoms with Gasteiger partial charge in [-0.2, -0.15) is 0 Å². The van der Waals surface area contributed by atoms with Crippen LogP contribution in [0.2, 0.25) is 0 Å².